The van der Waals surface area contributed by atoms with Crippen LogP contribution in [0.1, 0.15) is 0 Å². The van der Waals surface area contributed by atoms with Gasteiger partial charge in [-0.3, -0.25) is 0 Å². The maximum Gasteiger partial charge on any atom is 0.360 e. The van der Waals surface area contributed by atoms with Crippen LogP contribution >= 0.6 is 0 Å². The highest BCUT2D eigenvalue weighted by atomic mass is 16.4. The minimum atomic E-state index is -0.338. The summed E-state index contributed by atoms with van der Waals surface area (Å²) in [5.41, 5.74) is 2.91. The molecular weight excluding hydrogens is 298 g/mol. The molecule has 0 aliphatic heterocycles. The molecule has 0 bridgehead atoms. The summed E-state index contributed by atoms with van der Waals surface area (Å²) in [6, 6.07) is 22.2. The summed E-state index contributed by atoms with van der Waals surface area (Å²) in [6.45, 7) is 0. The minimum absolute atomic E-state index is 0.338. The topological polar surface area (TPSA) is 46.0 Å². The summed E-state index contributed by atoms with van der Waals surface area (Å²) in [5, 5.41) is 4.20. The van der Waals surface area contributed by atoms with Crippen LogP contribution in [0.5, 0.6) is 0 Å². The fourth-order valence-corrected chi connectivity index (χ4v) is 3.45. The molecule has 3 aromatic carbocycles. The van der Waals surface area contributed by atoms with Gasteiger partial charge in [-0.2, -0.15) is 0 Å². The molecule has 0 unspecified atom stereocenters. The Hall–Kier alpha value is -3.33. The average molecular weight is 311 g/mol. The van der Waals surface area contributed by atoms with Crippen molar-refractivity contribution in [3.63, 3.8) is 0 Å². The van der Waals surface area contributed by atoms with E-state index >= 15 is 0 Å². The molecule has 2 aromatic heterocycles. The van der Waals surface area contributed by atoms with E-state index in [4.69, 9.17) is 4.42 Å². The van der Waals surface area contributed by atoms with E-state index in [9.17, 15) is 4.79 Å². The summed E-state index contributed by atoms with van der Waals surface area (Å²) >= 11 is 0. The second-order valence-electron chi connectivity index (χ2n) is 5.86. The smallest absolute Gasteiger partial charge is 0.360 e. The predicted octanol–water partition coefficient (Wildman–Crippen LogP) is 5.09. The van der Waals surface area contributed by atoms with E-state index in [1.54, 1.807) is 0 Å². The zero-order valence-electron chi connectivity index (χ0n) is 12.7. The molecule has 5 rings (SSSR count). The second kappa shape index (κ2) is 4.83. The van der Waals surface area contributed by atoms with Crippen LogP contribution < -0.4 is 5.63 Å². The summed E-state index contributed by atoms with van der Waals surface area (Å²) in [4.78, 5) is 15.4. The molecule has 3 nitrogen and oxygen atoms in total. The van der Waals surface area contributed by atoms with Gasteiger partial charge in [0.05, 0.1) is 0 Å². The minimum Gasteiger partial charge on any atom is -0.421 e. The van der Waals surface area contributed by atoms with Gasteiger partial charge in [-0.1, -0.05) is 60.7 Å². The van der Waals surface area contributed by atoms with Crippen LogP contribution in [-0.2, 0) is 0 Å². The highest BCUT2D eigenvalue weighted by Gasteiger charge is 2.15. The number of aromatic amines is 1. The van der Waals surface area contributed by atoms with Crippen molar-refractivity contribution in [3.8, 4) is 11.1 Å². The van der Waals surface area contributed by atoms with Crippen LogP contribution in [0.3, 0.4) is 0 Å². The normalized spacial score (nSPS) is 11.5. The summed E-state index contributed by atoms with van der Waals surface area (Å²) in [7, 11) is 0. The van der Waals surface area contributed by atoms with Gasteiger partial charge >= 0.3 is 5.63 Å². The molecular formula is C21H13NO2. The van der Waals surface area contributed by atoms with E-state index in [1.165, 1.54) is 10.8 Å². The molecule has 0 atom stereocenters. The van der Waals surface area contributed by atoms with Crippen molar-refractivity contribution in [2.45, 2.75) is 0 Å². The number of nitrogens with one attached hydrogen (secondary N) is 1. The van der Waals surface area contributed by atoms with Crippen molar-refractivity contribution < 1.29 is 4.42 Å². The number of benzene rings is 3. The lowest BCUT2D eigenvalue weighted by Crippen LogP contribution is -1.99. The number of aromatic nitrogens is 1. The molecule has 0 spiro atoms. The number of hydrogen-bond acceptors (Lipinski definition) is 2. The molecule has 0 fully saturated rings. The summed E-state index contributed by atoms with van der Waals surface area (Å²) in [5.74, 6) is 0. The van der Waals surface area contributed by atoms with Gasteiger partial charge in [-0.05, 0) is 22.4 Å². The van der Waals surface area contributed by atoms with Crippen LogP contribution in [0.25, 0.3) is 43.8 Å². The molecule has 5 aromatic rings. The fraction of sp³-hybridized carbons (Fsp3) is 0. The quantitative estimate of drug-likeness (QED) is 0.438. The predicted molar refractivity (Wildman–Crippen MR) is 97.3 cm³/mol. The molecule has 3 heteroatoms. The second-order valence-corrected chi connectivity index (χ2v) is 5.86. The molecule has 114 valence electrons. The third-order valence-electron chi connectivity index (χ3n) is 4.52. The average Bonchev–Trinajstić information content (AvgIpc) is 3.07. The Morgan fingerprint density at radius 3 is 2.42 bits per heavy atom. The van der Waals surface area contributed by atoms with Gasteiger partial charge in [0, 0.05) is 22.5 Å². The fourth-order valence-electron chi connectivity index (χ4n) is 3.45. The van der Waals surface area contributed by atoms with Crippen molar-refractivity contribution in [3.05, 3.63) is 83.3 Å². The Bertz CT molecular complexity index is 1270. The zero-order valence-corrected chi connectivity index (χ0v) is 12.7. The zero-order chi connectivity index (χ0) is 16.1. The largest absolute Gasteiger partial charge is 0.421 e. The highest BCUT2D eigenvalue weighted by Crippen LogP contribution is 2.36. The lowest BCUT2D eigenvalue weighted by atomic mass is 9.97. The van der Waals surface area contributed by atoms with Crippen molar-refractivity contribution in [2.24, 2.45) is 0 Å². The Kier molecular flexibility index (Phi) is 2.65. The van der Waals surface area contributed by atoms with E-state index in [1.807, 2.05) is 48.7 Å². The standard InChI is InChI=1S/C21H13NO2/c23-21-20-19(16-9-3-4-11-18(16)24-21)17(12-22-20)15-10-5-7-13-6-1-2-8-14(13)15/h1-12,22H. The molecule has 0 aliphatic carbocycles. The lowest BCUT2D eigenvalue weighted by molar-refractivity contribution is 0.568. The van der Waals surface area contributed by atoms with Crippen LogP contribution in [0.2, 0.25) is 0 Å². The molecule has 1 N–H and O–H groups in total. The number of H-pyrrole nitrogens is 1. The molecule has 0 saturated carbocycles. The van der Waals surface area contributed by atoms with E-state index in [2.05, 4.69) is 29.2 Å². The Labute approximate surface area is 137 Å². The van der Waals surface area contributed by atoms with Gasteiger partial charge in [0.1, 0.15) is 11.1 Å². The Morgan fingerprint density at radius 1 is 0.750 bits per heavy atom. The summed E-state index contributed by atoms with van der Waals surface area (Å²) < 4.78 is 5.42. The SMILES string of the molecule is O=c1oc2ccccc2c2c(-c3cccc4ccccc34)c[nH]c12. The third-order valence-corrected chi connectivity index (χ3v) is 4.52. The van der Waals surface area contributed by atoms with Crippen LogP contribution in [-0.4, -0.2) is 4.98 Å². The highest BCUT2D eigenvalue weighted by molar-refractivity contribution is 6.14. The first kappa shape index (κ1) is 13.1. The number of rotatable bonds is 1. The molecule has 0 radical (unpaired) electrons. The van der Waals surface area contributed by atoms with Gasteiger partial charge in [0.25, 0.3) is 0 Å². The lowest BCUT2D eigenvalue weighted by Gasteiger charge is -2.07. The van der Waals surface area contributed by atoms with Gasteiger partial charge < -0.3 is 9.40 Å². The van der Waals surface area contributed by atoms with Gasteiger partial charge in [-0.15, -0.1) is 0 Å². The molecule has 0 amide bonds. The van der Waals surface area contributed by atoms with Crippen molar-refractivity contribution >= 4 is 32.6 Å². The van der Waals surface area contributed by atoms with E-state index in [0.717, 1.165) is 21.9 Å². The van der Waals surface area contributed by atoms with Gasteiger partial charge in [-0.25, -0.2) is 4.79 Å². The van der Waals surface area contributed by atoms with E-state index < -0.39 is 0 Å². The first-order valence-corrected chi connectivity index (χ1v) is 7.84. The molecule has 0 saturated heterocycles. The number of hydrogen-bond donors (Lipinski definition) is 1. The molecule has 24 heavy (non-hydrogen) atoms. The van der Waals surface area contributed by atoms with E-state index in [-0.39, 0.29) is 5.63 Å². The van der Waals surface area contributed by atoms with Crippen molar-refractivity contribution in [1.29, 1.82) is 0 Å². The maximum atomic E-state index is 12.3. The monoisotopic (exact) mass is 311 g/mol. The number of fused-ring (bicyclic) bond motifs is 4. The van der Waals surface area contributed by atoms with Crippen LogP contribution in [0.4, 0.5) is 0 Å². The third kappa shape index (κ3) is 1.75. The van der Waals surface area contributed by atoms with Crippen LogP contribution in [0, 0.1) is 0 Å². The first-order chi connectivity index (χ1) is 11.8. The van der Waals surface area contributed by atoms with Crippen molar-refractivity contribution in [2.75, 3.05) is 0 Å². The van der Waals surface area contributed by atoms with E-state index in [0.29, 0.717) is 11.1 Å². The summed E-state index contributed by atoms with van der Waals surface area (Å²) in [6.07, 6.45) is 1.90. The Balaban J connectivity index is 1.99. The van der Waals surface area contributed by atoms with Crippen molar-refractivity contribution in [1.82, 2.24) is 4.98 Å². The van der Waals surface area contributed by atoms with Gasteiger partial charge in [0.15, 0.2) is 0 Å². The van der Waals surface area contributed by atoms with Gasteiger partial charge in [0.2, 0.25) is 0 Å². The molecule has 2 heterocycles. The molecule has 0 aliphatic rings. The Morgan fingerprint density at radius 2 is 1.50 bits per heavy atom. The van der Waals surface area contributed by atoms with Crippen LogP contribution in [0.15, 0.2) is 82.1 Å². The first-order valence-electron chi connectivity index (χ1n) is 7.84. The maximum absolute atomic E-state index is 12.3. The number of para-hydroxylation sites is 1.